The number of amides is 1. The number of hydrogen-bond donors (Lipinski definition) is 2. The Balaban J connectivity index is 0.00000180. The largest absolute Gasteiger partial charge is 0.351 e. The van der Waals surface area contributed by atoms with Crippen molar-refractivity contribution in [2.75, 3.05) is 6.54 Å². The van der Waals surface area contributed by atoms with E-state index in [1.165, 1.54) is 32.1 Å². The second-order valence-corrected chi connectivity index (χ2v) is 6.24. The highest BCUT2D eigenvalue weighted by atomic mass is 35.5. The molecule has 4 heteroatoms. The van der Waals surface area contributed by atoms with Crippen LogP contribution < -0.4 is 11.1 Å². The van der Waals surface area contributed by atoms with Crippen LogP contribution in [0.25, 0.3) is 0 Å². The van der Waals surface area contributed by atoms with Gasteiger partial charge >= 0.3 is 0 Å². The zero-order valence-electron chi connectivity index (χ0n) is 12.1. The molecule has 1 atom stereocenters. The number of halogens is 1. The molecule has 2 fully saturated rings. The van der Waals surface area contributed by atoms with Crippen molar-refractivity contribution in [3.63, 3.8) is 0 Å². The monoisotopic (exact) mass is 288 g/mol. The first-order valence-corrected chi connectivity index (χ1v) is 7.73. The summed E-state index contributed by atoms with van der Waals surface area (Å²) in [6.45, 7) is 2.76. The van der Waals surface area contributed by atoms with E-state index >= 15 is 0 Å². The Hall–Kier alpha value is -0.280. The second-order valence-electron chi connectivity index (χ2n) is 6.24. The van der Waals surface area contributed by atoms with Crippen LogP contribution in [0.1, 0.15) is 64.7 Å². The third-order valence-corrected chi connectivity index (χ3v) is 4.85. The first kappa shape index (κ1) is 16.8. The minimum Gasteiger partial charge on any atom is -0.351 e. The normalized spacial score (nSPS) is 23.3. The zero-order chi connectivity index (χ0) is 13.0. The minimum absolute atomic E-state index is 0. The summed E-state index contributed by atoms with van der Waals surface area (Å²) in [6, 6.07) is 0.215. The van der Waals surface area contributed by atoms with Gasteiger partial charge in [-0.25, -0.2) is 0 Å². The van der Waals surface area contributed by atoms with Crippen molar-refractivity contribution in [1.29, 1.82) is 0 Å². The smallest absolute Gasteiger partial charge is 0.226 e. The lowest BCUT2D eigenvalue weighted by molar-refractivity contribution is -0.127. The summed E-state index contributed by atoms with van der Waals surface area (Å²) < 4.78 is 0. The van der Waals surface area contributed by atoms with Crippen LogP contribution >= 0.6 is 12.4 Å². The van der Waals surface area contributed by atoms with Gasteiger partial charge in [0.2, 0.25) is 5.91 Å². The SMILES string of the molecule is CCCC1(C(=O)NC(CN)C2CCCCC2)CC1.Cl. The molecule has 1 unspecified atom stereocenters. The van der Waals surface area contributed by atoms with Crippen molar-refractivity contribution in [2.24, 2.45) is 17.1 Å². The molecule has 0 spiro atoms. The van der Waals surface area contributed by atoms with Gasteiger partial charge in [0.1, 0.15) is 0 Å². The van der Waals surface area contributed by atoms with Crippen LogP contribution in [0.2, 0.25) is 0 Å². The number of nitrogens with two attached hydrogens (primary N) is 1. The van der Waals surface area contributed by atoms with E-state index in [-0.39, 0.29) is 29.8 Å². The van der Waals surface area contributed by atoms with Gasteiger partial charge in [-0.1, -0.05) is 32.6 Å². The quantitative estimate of drug-likeness (QED) is 0.789. The summed E-state index contributed by atoms with van der Waals surface area (Å²) in [5.41, 5.74) is 5.86. The molecular weight excluding hydrogens is 260 g/mol. The summed E-state index contributed by atoms with van der Waals surface area (Å²) in [6.07, 6.45) is 10.7. The Bertz CT molecular complexity index is 286. The van der Waals surface area contributed by atoms with E-state index in [1.807, 2.05) is 0 Å². The molecule has 1 amide bonds. The Kier molecular flexibility index (Phi) is 6.61. The fourth-order valence-corrected chi connectivity index (χ4v) is 3.45. The summed E-state index contributed by atoms with van der Waals surface area (Å²) in [5.74, 6) is 0.899. The van der Waals surface area contributed by atoms with Crippen molar-refractivity contribution in [2.45, 2.75) is 70.8 Å². The predicted molar refractivity (Wildman–Crippen MR) is 81.4 cm³/mol. The van der Waals surface area contributed by atoms with E-state index in [9.17, 15) is 4.79 Å². The number of rotatable bonds is 6. The summed E-state index contributed by atoms with van der Waals surface area (Å²) in [5, 5.41) is 3.26. The highest BCUT2D eigenvalue weighted by molar-refractivity contribution is 5.85. The Morgan fingerprint density at radius 3 is 2.42 bits per heavy atom. The maximum atomic E-state index is 12.4. The first-order valence-electron chi connectivity index (χ1n) is 7.73. The molecule has 0 aromatic carbocycles. The van der Waals surface area contributed by atoms with Gasteiger partial charge in [-0.2, -0.15) is 0 Å². The van der Waals surface area contributed by atoms with E-state index in [2.05, 4.69) is 12.2 Å². The third-order valence-electron chi connectivity index (χ3n) is 4.85. The van der Waals surface area contributed by atoms with Gasteiger partial charge < -0.3 is 11.1 Å². The Morgan fingerprint density at radius 1 is 1.32 bits per heavy atom. The fraction of sp³-hybridized carbons (Fsp3) is 0.933. The van der Waals surface area contributed by atoms with Crippen LogP contribution in [0.4, 0.5) is 0 Å². The summed E-state index contributed by atoms with van der Waals surface area (Å²) >= 11 is 0. The Labute approximate surface area is 123 Å². The predicted octanol–water partition coefficient (Wildman–Crippen LogP) is 3.01. The van der Waals surface area contributed by atoms with Crippen LogP contribution in [0.5, 0.6) is 0 Å². The molecule has 0 radical (unpaired) electrons. The van der Waals surface area contributed by atoms with Crippen molar-refractivity contribution < 1.29 is 4.79 Å². The lowest BCUT2D eigenvalue weighted by Gasteiger charge is -2.31. The third kappa shape index (κ3) is 4.09. The topological polar surface area (TPSA) is 55.1 Å². The van der Waals surface area contributed by atoms with Crippen molar-refractivity contribution in [3.8, 4) is 0 Å². The number of hydrogen-bond acceptors (Lipinski definition) is 2. The molecule has 0 bridgehead atoms. The second kappa shape index (κ2) is 7.49. The molecule has 2 aliphatic rings. The summed E-state index contributed by atoms with van der Waals surface area (Å²) in [7, 11) is 0. The molecule has 0 saturated heterocycles. The van der Waals surface area contributed by atoms with Gasteiger partial charge in [-0.05, 0) is 38.0 Å². The molecule has 2 saturated carbocycles. The maximum absolute atomic E-state index is 12.4. The molecule has 0 aromatic rings. The molecule has 2 aliphatic carbocycles. The molecule has 19 heavy (non-hydrogen) atoms. The van der Waals surface area contributed by atoms with Gasteiger partial charge in [-0.3, -0.25) is 4.79 Å². The lowest BCUT2D eigenvalue weighted by Crippen LogP contribution is -2.48. The highest BCUT2D eigenvalue weighted by Crippen LogP contribution is 2.50. The minimum atomic E-state index is -0.0170. The van der Waals surface area contributed by atoms with Gasteiger partial charge in [0, 0.05) is 18.0 Å². The molecule has 3 nitrogen and oxygen atoms in total. The number of nitrogens with one attached hydrogen (secondary N) is 1. The van der Waals surface area contributed by atoms with Crippen LogP contribution in [0.15, 0.2) is 0 Å². The van der Waals surface area contributed by atoms with Crippen molar-refractivity contribution in [3.05, 3.63) is 0 Å². The van der Waals surface area contributed by atoms with Gasteiger partial charge in [0.25, 0.3) is 0 Å². The first-order chi connectivity index (χ1) is 8.72. The maximum Gasteiger partial charge on any atom is 0.226 e. The molecular formula is C15H29ClN2O. The molecule has 0 aliphatic heterocycles. The van der Waals surface area contributed by atoms with Crippen molar-refractivity contribution >= 4 is 18.3 Å². The molecule has 0 heterocycles. The van der Waals surface area contributed by atoms with E-state index in [4.69, 9.17) is 5.73 Å². The lowest BCUT2D eigenvalue weighted by atomic mass is 9.83. The molecule has 3 N–H and O–H groups in total. The molecule has 2 rings (SSSR count). The summed E-state index contributed by atoms with van der Waals surface area (Å²) in [4.78, 5) is 12.4. The molecule has 0 aromatic heterocycles. The van der Waals surface area contributed by atoms with Crippen LogP contribution in [-0.2, 0) is 4.79 Å². The van der Waals surface area contributed by atoms with Crippen LogP contribution in [-0.4, -0.2) is 18.5 Å². The number of carbonyl (C=O) groups excluding carboxylic acids is 1. The van der Waals surface area contributed by atoms with E-state index < -0.39 is 0 Å². The average molecular weight is 289 g/mol. The molecule has 112 valence electrons. The van der Waals surface area contributed by atoms with E-state index in [0.717, 1.165) is 25.7 Å². The van der Waals surface area contributed by atoms with E-state index in [1.54, 1.807) is 0 Å². The highest BCUT2D eigenvalue weighted by Gasteiger charge is 2.49. The van der Waals surface area contributed by atoms with Crippen LogP contribution in [0, 0.1) is 11.3 Å². The fourth-order valence-electron chi connectivity index (χ4n) is 3.45. The zero-order valence-corrected chi connectivity index (χ0v) is 12.9. The average Bonchev–Trinajstić information content (AvgIpc) is 3.18. The van der Waals surface area contributed by atoms with E-state index in [0.29, 0.717) is 12.5 Å². The van der Waals surface area contributed by atoms with Gasteiger partial charge in [0.15, 0.2) is 0 Å². The number of carbonyl (C=O) groups is 1. The van der Waals surface area contributed by atoms with Crippen LogP contribution in [0.3, 0.4) is 0 Å². The van der Waals surface area contributed by atoms with Crippen molar-refractivity contribution in [1.82, 2.24) is 5.32 Å². The Morgan fingerprint density at radius 2 is 1.95 bits per heavy atom. The van der Waals surface area contributed by atoms with Gasteiger partial charge in [-0.15, -0.1) is 12.4 Å². The standard InChI is InChI=1S/C15H28N2O.ClH/c1-2-8-15(9-10-15)14(18)17-13(11-16)12-6-4-3-5-7-12;/h12-13H,2-11,16H2,1H3,(H,17,18);1H. The van der Waals surface area contributed by atoms with Gasteiger partial charge in [0.05, 0.1) is 0 Å².